The molecule has 2 nitrogen and oxygen atoms in total. The molecule has 2 aromatic carbocycles. The molecule has 2 aliphatic rings. The molecule has 0 unspecified atom stereocenters. The second-order valence-electron chi connectivity index (χ2n) is 10.2. The standard InChI is InChI=1S/C30H36F4O2/c1-3-5-19-6-10-21(11-7-19)23-14-15-24(28(32)27(23)31)22-12-8-20(9-13-22)18-36-26-17-16-25(35-4-2)29(33)30(26)34/h3,5,14-17,19-22H,4,6-13,18H2,1-2H3/b5-3+. The molecular weight excluding hydrogens is 468 g/mol. The van der Waals surface area contributed by atoms with Crippen LogP contribution >= 0.6 is 0 Å². The third-order valence-electron chi connectivity index (χ3n) is 7.89. The van der Waals surface area contributed by atoms with E-state index >= 15 is 8.78 Å². The van der Waals surface area contributed by atoms with Crippen molar-refractivity contribution in [2.45, 2.75) is 77.0 Å². The molecule has 0 aromatic heterocycles. The minimum Gasteiger partial charge on any atom is -0.491 e. The summed E-state index contributed by atoms with van der Waals surface area (Å²) in [7, 11) is 0. The predicted octanol–water partition coefficient (Wildman–Crippen LogP) is 8.84. The van der Waals surface area contributed by atoms with E-state index in [1.807, 2.05) is 6.92 Å². The van der Waals surface area contributed by atoms with E-state index in [0.29, 0.717) is 29.9 Å². The van der Waals surface area contributed by atoms with Crippen LogP contribution in [0.15, 0.2) is 36.4 Å². The van der Waals surface area contributed by atoms with Gasteiger partial charge in [0.25, 0.3) is 0 Å². The van der Waals surface area contributed by atoms with Crippen molar-refractivity contribution in [1.29, 1.82) is 0 Å². The molecule has 0 spiro atoms. The molecule has 2 saturated carbocycles. The lowest BCUT2D eigenvalue weighted by molar-refractivity contribution is 0.190. The van der Waals surface area contributed by atoms with Crippen LogP contribution in [-0.4, -0.2) is 13.2 Å². The van der Waals surface area contributed by atoms with E-state index in [-0.39, 0.29) is 42.5 Å². The van der Waals surface area contributed by atoms with Crippen molar-refractivity contribution < 1.29 is 27.0 Å². The lowest BCUT2D eigenvalue weighted by Gasteiger charge is -2.30. The number of rotatable bonds is 8. The number of hydrogen-bond donors (Lipinski definition) is 0. The van der Waals surface area contributed by atoms with Crippen LogP contribution in [-0.2, 0) is 0 Å². The molecule has 4 rings (SSSR count). The second-order valence-corrected chi connectivity index (χ2v) is 10.2. The van der Waals surface area contributed by atoms with E-state index in [4.69, 9.17) is 9.47 Å². The van der Waals surface area contributed by atoms with E-state index in [2.05, 4.69) is 12.2 Å². The number of benzene rings is 2. The summed E-state index contributed by atoms with van der Waals surface area (Å²) in [6.45, 7) is 4.21. The van der Waals surface area contributed by atoms with Gasteiger partial charge in [0.1, 0.15) is 0 Å². The molecule has 36 heavy (non-hydrogen) atoms. The van der Waals surface area contributed by atoms with Gasteiger partial charge < -0.3 is 9.47 Å². The fourth-order valence-electron chi connectivity index (χ4n) is 5.84. The summed E-state index contributed by atoms with van der Waals surface area (Å²) in [4.78, 5) is 0. The summed E-state index contributed by atoms with van der Waals surface area (Å²) < 4.78 is 69.2. The number of ether oxygens (including phenoxy) is 2. The molecule has 2 aromatic rings. The van der Waals surface area contributed by atoms with Gasteiger partial charge in [-0.2, -0.15) is 8.78 Å². The van der Waals surface area contributed by atoms with E-state index in [1.165, 1.54) is 12.1 Å². The molecule has 0 amide bonds. The molecule has 0 heterocycles. The molecule has 196 valence electrons. The Kier molecular flexibility index (Phi) is 8.97. The Hall–Kier alpha value is -2.50. The molecule has 2 fully saturated rings. The lowest BCUT2D eigenvalue weighted by atomic mass is 9.76. The van der Waals surface area contributed by atoms with Crippen LogP contribution < -0.4 is 9.47 Å². The molecule has 0 aliphatic heterocycles. The van der Waals surface area contributed by atoms with Crippen molar-refractivity contribution in [1.82, 2.24) is 0 Å². The molecule has 0 saturated heterocycles. The van der Waals surface area contributed by atoms with Gasteiger partial charge in [0.15, 0.2) is 23.1 Å². The third kappa shape index (κ3) is 5.90. The van der Waals surface area contributed by atoms with Gasteiger partial charge in [0.2, 0.25) is 11.6 Å². The zero-order valence-electron chi connectivity index (χ0n) is 21.2. The topological polar surface area (TPSA) is 18.5 Å². The highest BCUT2D eigenvalue weighted by Gasteiger charge is 2.30. The van der Waals surface area contributed by atoms with Crippen molar-refractivity contribution in [3.8, 4) is 11.5 Å². The third-order valence-corrected chi connectivity index (χ3v) is 7.89. The van der Waals surface area contributed by atoms with Crippen LogP contribution in [0.2, 0.25) is 0 Å². The summed E-state index contributed by atoms with van der Waals surface area (Å²) in [6.07, 6.45) is 11.0. The van der Waals surface area contributed by atoms with Crippen molar-refractivity contribution >= 4 is 0 Å². The fraction of sp³-hybridized carbons (Fsp3) is 0.533. The normalized spacial score (nSPS) is 24.7. The van der Waals surface area contributed by atoms with Gasteiger partial charge >= 0.3 is 0 Å². The van der Waals surface area contributed by atoms with Gasteiger partial charge in [-0.3, -0.25) is 0 Å². The minimum absolute atomic E-state index is 0.0464. The first-order valence-electron chi connectivity index (χ1n) is 13.3. The first-order chi connectivity index (χ1) is 17.4. The van der Waals surface area contributed by atoms with Crippen molar-refractivity contribution in [3.05, 3.63) is 70.8 Å². The van der Waals surface area contributed by atoms with E-state index in [9.17, 15) is 8.78 Å². The predicted molar refractivity (Wildman–Crippen MR) is 134 cm³/mol. The zero-order valence-corrected chi connectivity index (χ0v) is 21.2. The van der Waals surface area contributed by atoms with Crippen LogP contribution in [0.25, 0.3) is 0 Å². The Balaban J connectivity index is 1.32. The summed E-state index contributed by atoms with van der Waals surface area (Å²) in [6, 6.07) is 6.32. The van der Waals surface area contributed by atoms with Crippen LogP contribution in [0.3, 0.4) is 0 Å². The Morgan fingerprint density at radius 3 is 1.69 bits per heavy atom. The summed E-state index contributed by atoms with van der Waals surface area (Å²) in [5.41, 5.74) is 0.972. The van der Waals surface area contributed by atoms with E-state index < -0.39 is 23.3 Å². The van der Waals surface area contributed by atoms with Gasteiger partial charge in [-0.05, 0) is 112 Å². The Morgan fingerprint density at radius 2 is 1.19 bits per heavy atom. The average Bonchev–Trinajstić information content (AvgIpc) is 2.89. The molecular formula is C30H36F4O2. The number of hydrogen-bond acceptors (Lipinski definition) is 2. The van der Waals surface area contributed by atoms with Gasteiger partial charge in [-0.1, -0.05) is 24.3 Å². The highest BCUT2D eigenvalue weighted by atomic mass is 19.2. The van der Waals surface area contributed by atoms with Crippen LogP contribution in [0.4, 0.5) is 17.6 Å². The Morgan fingerprint density at radius 1 is 0.694 bits per heavy atom. The van der Waals surface area contributed by atoms with Crippen molar-refractivity contribution in [2.75, 3.05) is 13.2 Å². The van der Waals surface area contributed by atoms with E-state index in [1.54, 1.807) is 19.1 Å². The van der Waals surface area contributed by atoms with Crippen LogP contribution in [0.1, 0.15) is 88.2 Å². The highest BCUT2D eigenvalue weighted by molar-refractivity contribution is 5.35. The molecule has 2 aliphatic carbocycles. The molecule has 0 N–H and O–H groups in total. The summed E-state index contributed by atoms with van der Waals surface area (Å²) in [5.74, 6) is -3.03. The first-order valence-corrected chi connectivity index (χ1v) is 13.3. The SMILES string of the molecule is C/C=C/C1CCC(c2ccc(C3CCC(COc4ccc(OCC)c(F)c4F)CC3)c(F)c2F)CC1. The molecule has 0 bridgehead atoms. The molecule has 0 atom stereocenters. The fourth-order valence-corrected chi connectivity index (χ4v) is 5.84. The smallest absolute Gasteiger partial charge is 0.204 e. The van der Waals surface area contributed by atoms with Crippen molar-refractivity contribution in [2.24, 2.45) is 11.8 Å². The monoisotopic (exact) mass is 504 g/mol. The lowest BCUT2D eigenvalue weighted by Crippen LogP contribution is -2.21. The maximum Gasteiger partial charge on any atom is 0.204 e. The Bertz CT molecular complexity index is 1050. The Labute approximate surface area is 211 Å². The largest absolute Gasteiger partial charge is 0.491 e. The first kappa shape index (κ1) is 26.6. The van der Waals surface area contributed by atoms with Gasteiger partial charge in [0, 0.05) is 0 Å². The number of allylic oxidation sites excluding steroid dienone is 2. The highest BCUT2D eigenvalue weighted by Crippen LogP contribution is 2.42. The van der Waals surface area contributed by atoms with Gasteiger partial charge in [0.05, 0.1) is 13.2 Å². The second kappa shape index (κ2) is 12.2. The van der Waals surface area contributed by atoms with Gasteiger partial charge in [-0.25, -0.2) is 8.78 Å². The van der Waals surface area contributed by atoms with Gasteiger partial charge in [-0.15, -0.1) is 0 Å². The summed E-state index contributed by atoms with van der Waals surface area (Å²) >= 11 is 0. The van der Waals surface area contributed by atoms with Crippen LogP contribution in [0, 0.1) is 35.1 Å². The maximum absolute atomic E-state index is 15.1. The van der Waals surface area contributed by atoms with Crippen molar-refractivity contribution in [3.63, 3.8) is 0 Å². The quantitative estimate of drug-likeness (QED) is 0.264. The minimum atomic E-state index is -1.05. The number of halogens is 4. The van der Waals surface area contributed by atoms with E-state index in [0.717, 1.165) is 38.5 Å². The zero-order chi connectivity index (χ0) is 25.7. The average molecular weight is 505 g/mol. The van der Waals surface area contributed by atoms with Crippen LogP contribution in [0.5, 0.6) is 11.5 Å². The summed E-state index contributed by atoms with van der Waals surface area (Å²) in [5, 5.41) is 0. The molecule has 6 heteroatoms. The maximum atomic E-state index is 15.1. The molecule has 0 radical (unpaired) electrons.